The smallest absolute Gasteiger partial charge is 0.237 e. The van der Waals surface area contributed by atoms with Crippen LogP contribution in [0.1, 0.15) is 49.3 Å². The molecule has 22 heavy (non-hydrogen) atoms. The van der Waals surface area contributed by atoms with Gasteiger partial charge in [0.25, 0.3) is 0 Å². The Labute approximate surface area is 132 Å². The van der Waals surface area contributed by atoms with Crippen LogP contribution in [0.2, 0.25) is 0 Å². The second kappa shape index (κ2) is 6.80. The summed E-state index contributed by atoms with van der Waals surface area (Å²) in [6.07, 6.45) is 5.36. The standard InChI is InChI=1S/C18H26N2O2/c1-13-6-2-5-9-15(13)17(21)12-19-18(22)16-10-11-20(16)14-7-3-4-8-14/h2,5-6,9,14,16-17,21H,3-4,7-8,10-12H2,1H3,(H,19,22). The second-order valence-corrected chi connectivity index (χ2v) is 6.60. The first kappa shape index (κ1) is 15.5. The van der Waals surface area contributed by atoms with Gasteiger partial charge < -0.3 is 10.4 Å². The summed E-state index contributed by atoms with van der Waals surface area (Å²) in [6.45, 7) is 3.32. The largest absolute Gasteiger partial charge is 0.387 e. The number of amides is 1. The molecule has 2 atom stereocenters. The van der Waals surface area contributed by atoms with Crippen molar-refractivity contribution in [1.29, 1.82) is 0 Å². The number of nitrogens with zero attached hydrogens (tertiary/aromatic N) is 1. The van der Waals surface area contributed by atoms with Crippen LogP contribution in [-0.4, -0.2) is 41.1 Å². The lowest BCUT2D eigenvalue weighted by Crippen LogP contribution is -2.59. The number of carbonyl (C=O) groups is 1. The third-order valence-electron chi connectivity index (χ3n) is 5.17. The van der Waals surface area contributed by atoms with E-state index in [9.17, 15) is 9.90 Å². The average Bonchev–Trinajstić information content (AvgIpc) is 2.98. The number of rotatable bonds is 5. The van der Waals surface area contributed by atoms with Crippen LogP contribution in [0, 0.1) is 6.92 Å². The Morgan fingerprint density at radius 1 is 1.32 bits per heavy atom. The van der Waals surface area contributed by atoms with Crippen LogP contribution < -0.4 is 5.32 Å². The van der Waals surface area contributed by atoms with Gasteiger partial charge in [-0.1, -0.05) is 37.1 Å². The summed E-state index contributed by atoms with van der Waals surface area (Å²) in [5, 5.41) is 13.2. The zero-order valence-corrected chi connectivity index (χ0v) is 13.3. The predicted molar refractivity (Wildman–Crippen MR) is 86.5 cm³/mol. The van der Waals surface area contributed by atoms with Gasteiger partial charge in [0.1, 0.15) is 0 Å². The molecule has 2 fully saturated rings. The molecule has 1 amide bonds. The van der Waals surface area contributed by atoms with E-state index < -0.39 is 6.10 Å². The highest BCUT2D eigenvalue weighted by atomic mass is 16.3. The predicted octanol–water partition coefficient (Wildman–Crippen LogP) is 2.16. The Kier molecular flexibility index (Phi) is 4.79. The number of hydrogen-bond acceptors (Lipinski definition) is 3. The van der Waals surface area contributed by atoms with E-state index in [4.69, 9.17) is 0 Å². The first-order chi connectivity index (χ1) is 10.7. The Balaban J connectivity index is 1.51. The highest BCUT2D eigenvalue weighted by Gasteiger charge is 2.39. The van der Waals surface area contributed by atoms with Gasteiger partial charge in [-0.15, -0.1) is 0 Å². The van der Waals surface area contributed by atoms with Gasteiger partial charge in [0.15, 0.2) is 0 Å². The van der Waals surface area contributed by atoms with Crippen molar-refractivity contribution in [1.82, 2.24) is 10.2 Å². The zero-order chi connectivity index (χ0) is 15.5. The number of aliphatic hydroxyl groups excluding tert-OH is 1. The number of carbonyl (C=O) groups excluding carboxylic acids is 1. The van der Waals surface area contributed by atoms with Crippen molar-refractivity contribution < 1.29 is 9.90 Å². The molecule has 1 saturated carbocycles. The van der Waals surface area contributed by atoms with Crippen LogP contribution in [-0.2, 0) is 4.79 Å². The first-order valence-corrected chi connectivity index (χ1v) is 8.44. The van der Waals surface area contributed by atoms with Crippen LogP contribution in [0.3, 0.4) is 0 Å². The lowest BCUT2D eigenvalue weighted by molar-refractivity contribution is -0.133. The van der Waals surface area contributed by atoms with E-state index in [2.05, 4.69) is 10.2 Å². The van der Waals surface area contributed by atoms with E-state index in [1.54, 1.807) is 0 Å². The van der Waals surface area contributed by atoms with Gasteiger partial charge in [0.2, 0.25) is 5.91 Å². The molecule has 120 valence electrons. The van der Waals surface area contributed by atoms with Gasteiger partial charge in [-0.05, 0) is 37.3 Å². The maximum absolute atomic E-state index is 12.3. The van der Waals surface area contributed by atoms with Crippen LogP contribution in [0.4, 0.5) is 0 Å². The molecule has 1 aromatic rings. The summed E-state index contributed by atoms with van der Waals surface area (Å²) in [7, 11) is 0. The lowest BCUT2D eigenvalue weighted by Gasteiger charge is -2.44. The maximum atomic E-state index is 12.3. The van der Waals surface area contributed by atoms with E-state index in [1.807, 2.05) is 31.2 Å². The molecule has 4 heteroatoms. The molecule has 2 N–H and O–H groups in total. The summed E-state index contributed by atoms with van der Waals surface area (Å²) < 4.78 is 0. The van der Waals surface area contributed by atoms with Crippen molar-refractivity contribution >= 4 is 5.91 Å². The normalized spacial score (nSPS) is 24.0. The van der Waals surface area contributed by atoms with E-state index in [0.717, 1.165) is 24.1 Å². The summed E-state index contributed by atoms with van der Waals surface area (Å²) in [4.78, 5) is 14.7. The van der Waals surface area contributed by atoms with Crippen molar-refractivity contribution in [3.05, 3.63) is 35.4 Å². The molecule has 1 aliphatic carbocycles. The quantitative estimate of drug-likeness (QED) is 0.876. The Hall–Kier alpha value is -1.39. The van der Waals surface area contributed by atoms with E-state index in [-0.39, 0.29) is 11.9 Å². The van der Waals surface area contributed by atoms with Gasteiger partial charge in [-0.2, -0.15) is 0 Å². The third-order valence-corrected chi connectivity index (χ3v) is 5.17. The minimum absolute atomic E-state index is 0.0205. The molecule has 1 heterocycles. The van der Waals surface area contributed by atoms with Crippen LogP contribution in [0.15, 0.2) is 24.3 Å². The lowest BCUT2D eigenvalue weighted by atomic mass is 9.97. The SMILES string of the molecule is Cc1ccccc1C(O)CNC(=O)C1CCN1C1CCCC1. The summed E-state index contributed by atoms with van der Waals surface area (Å²) in [5.74, 6) is 0.0748. The van der Waals surface area contributed by atoms with Gasteiger partial charge >= 0.3 is 0 Å². The zero-order valence-electron chi connectivity index (χ0n) is 13.3. The minimum Gasteiger partial charge on any atom is -0.387 e. The molecular formula is C18H26N2O2. The average molecular weight is 302 g/mol. The molecule has 2 unspecified atom stereocenters. The van der Waals surface area contributed by atoms with E-state index >= 15 is 0 Å². The van der Waals surface area contributed by atoms with Gasteiger partial charge in [0.05, 0.1) is 12.1 Å². The van der Waals surface area contributed by atoms with Gasteiger partial charge in [-0.25, -0.2) is 0 Å². The number of nitrogens with one attached hydrogen (secondary N) is 1. The van der Waals surface area contributed by atoms with Crippen molar-refractivity contribution in [2.45, 2.75) is 57.2 Å². The molecule has 1 saturated heterocycles. The molecule has 1 aromatic carbocycles. The fraction of sp³-hybridized carbons (Fsp3) is 0.611. The molecule has 1 aliphatic heterocycles. The highest BCUT2D eigenvalue weighted by molar-refractivity contribution is 5.82. The molecule has 0 bridgehead atoms. The van der Waals surface area contributed by atoms with Crippen molar-refractivity contribution in [2.24, 2.45) is 0 Å². The fourth-order valence-electron chi connectivity index (χ4n) is 3.75. The topological polar surface area (TPSA) is 52.6 Å². The molecule has 0 radical (unpaired) electrons. The van der Waals surface area contributed by atoms with E-state index in [1.165, 1.54) is 25.7 Å². The minimum atomic E-state index is -0.634. The Morgan fingerprint density at radius 3 is 2.68 bits per heavy atom. The summed E-state index contributed by atoms with van der Waals surface area (Å²) >= 11 is 0. The number of aryl methyl sites for hydroxylation is 1. The summed E-state index contributed by atoms with van der Waals surface area (Å²) in [6, 6.07) is 8.39. The van der Waals surface area contributed by atoms with Gasteiger partial charge in [-0.3, -0.25) is 9.69 Å². The summed E-state index contributed by atoms with van der Waals surface area (Å²) in [5.41, 5.74) is 1.95. The number of benzene rings is 1. The molecule has 3 rings (SSSR count). The van der Waals surface area contributed by atoms with Crippen LogP contribution >= 0.6 is 0 Å². The molecule has 0 spiro atoms. The third kappa shape index (κ3) is 3.18. The molecule has 0 aromatic heterocycles. The fourth-order valence-corrected chi connectivity index (χ4v) is 3.75. The molecule has 4 nitrogen and oxygen atoms in total. The maximum Gasteiger partial charge on any atom is 0.237 e. The highest BCUT2D eigenvalue weighted by Crippen LogP contribution is 2.31. The van der Waals surface area contributed by atoms with E-state index in [0.29, 0.717) is 12.6 Å². The van der Waals surface area contributed by atoms with Crippen LogP contribution in [0.25, 0.3) is 0 Å². The van der Waals surface area contributed by atoms with Crippen LogP contribution in [0.5, 0.6) is 0 Å². The molecular weight excluding hydrogens is 276 g/mol. The Morgan fingerprint density at radius 2 is 2.05 bits per heavy atom. The molecule has 2 aliphatic rings. The van der Waals surface area contributed by atoms with Crippen molar-refractivity contribution in [3.63, 3.8) is 0 Å². The van der Waals surface area contributed by atoms with Crippen molar-refractivity contribution in [3.8, 4) is 0 Å². The van der Waals surface area contributed by atoms with Gasteiger partial charge in [0, 0.05) is 19.1 Å². The number of likely N-dealkylation sites (tertiary alicyclic amines) is 1. The number of aliphatic hydroxyl groups is 1. The monoisotopic (exact) mass is 302 g/mol. The Bertz CT molecular complexity index is 526. The second-order valence-electron chi connectivity index (χ2n) is 6.60. The number of hydrogen-bond donors (Lipinski definition) is 2. The van der Waals surface area contributed by atoms with Crippen molar-refractivity contribution in [2.75, 3.05) is 13.1 Å². The first-order valence-electron chi connectivity index (χ1n) is 8.44.